The summed E-state index contributed by atoms with van der Waals surface area (Å²) in [6.07, 6.45) is 0. The van der Waals surface area contributed by atoms with Crippen LogP contribution in [0.2, 0.25) is 0 Å². The molecule has 0 atom stereocenters. The SMILES string of the molecule is N#Cc1cc(Br)c2c(Br)[nH]nc2c1. The van der Waals surface area contributed by atoms with Gasteiger partial charge in [0.1, 0.15) is 4.60 Å². The molecule has 64 valence electrons. The minimum absolute atomic E-state index is 0.596. The summed E-state index contributed by atoms with van der Waals surface area (Å²) in [7, 11) is 0. The van der Waals surface area contributed by atoms with Crippen molar-refractivity contribution in [3.63, 3.8) is 0 Å². The lowest BCUT2D eigenvalue weighted by Crippen LogP contribution is -1.76. The Morgan fingerprint density at radius 1 is 1.38 bits per heavy atom. The van der Waals surface area contributed by atoms with Gasteiger partial charge < -0.3 is 0 Å². The number of nitriles is 1. The molecule has 0 saturated heterocycles. The molecule has 1 aromatic heterocycles. The second-order valence-corrected chi connectivity index (χ2v) is 4.15. The summed E-state index contributed by atoms with van der Waals surface area (Å²) in [5, 5.41) is 16.5. The molecular weight excluding hydrogens is 298 g/mol. The third kappa shape index (κ3) is 1.36. The van der Waals surface area contributed by atoms with Crippen molar-refractivity contribution in [1.82, 2.24) is 10.2 Å². The number of aromatic amines is 1. The summed E-state index contributed by atoms with van der Waals surface area (Å²) in [6, 6.07) is 5.57. The second kappa shape index (κ2) is 3.13. The van der Waals surface area contributed by atoms with E-state index in [9.17, 15) is 0 Å². The highest BCUT2D eigenvalue weighted by molar-refractivity contribution is 9.11. The van der Waals surface area contributed by atoms with E-state index in [0.29, 0.717) is 5.56 Å². The third-order valence-corrected chi connectivity index (χ3v) is 2.89. The molecule has 5 heteroatoms. The number of nitrogens with zero attached hydrogens (tertiary/aromatic N) is 2. The van der Waals surface area contributed by atoms with E-state index in [4.69, 9.17) is 5.26 Å². The molecule has 0 fully saturated rings. The van der Waals surface area contributed by atoms with E-state index in [-0.39, 0.29) is 0 Å². The van der Waals surface area contributed by atoms with Gasteiger partial charge in [-0.25, -0.2) is 0 Å². The minimum Gasteiger partial charge on any atom is -0.270 e. The minimum atomic E-state index is 0.596. The lowest BCUT2D eigenvalue weighted by atomic mass is 10.2. The zero-order valence-electron chi connectivity index (χ0n) is 6.31. The van der Waals surface area contributed by atoms with Crippen LogP contribution in [0.3, 0.4) is 0 Å². The standard InChI is InChI=1S/C8H3Br2N3/c9-5-1-4(3-11)2-6-7(5)8(10)13-12-6/h1-2H,(H,12,13). The van der Waals surface area contributed by atoms with Crippen molar-refractivity contribution in [2.24, 2.45) is 0 Å². The van der Waals surface area contributed by atoms with E-state index in [1.807, 2.05) is 0 Å². The molecular formula is C8H3Br2N3. The van der Waals surface area contributed by atoms with Gasteiger partial charge >= 0.3 is 0 Å². The van der Waals surface area contributed by atoms with Gasteiger partial charge in [-0.05, 0) is 44.0 Å². The molecule has 0 aliphatic heterocycles. The van der Waals surface area contributed by atoms with Crippen molar-refractivity contribution >= 4 is 42.8 Å². The highest BCUT2D eigenvalue weighted by atomic mass is 79.9. The lowest BCUT2D eigenvalue weighted by molar-refractivity contribution is 1.10. The number of hydrogen-bond acceptors (Lipinski definition) is 2. The van der Waals surface area contributed by atoms with E-state index in [2.05, 4.69) is 48.1 Å². The van der Waals surface area contributed by atoms with Crippen molar-refractivity contribution in [1.29, 1.82) is 5.26 Å². The molecule has 0 amide bonds. The molecule has 0 radical (unpaired) electrons. The number of aromatic nitrogens is 2. The summed E-state index contributed by atoms with van der Waals surface area (Å²) in [6.45, 7) is 0. The maximum Gasteiger partial charge on any atom is 0.109 e. The number of benzene rings is 1. The predicted molar refractivity (Wildman–Crippen MR) is 56.2 cm³/mol. The molecule has 0 aliphatic carbocycles. The molecule has 2 aromatic rings. The van der Waals surface area contributed by atoms with E-state index in [1.54, 1.807) is 12.1 Å². The molecule has 1 N–H and O–H groups in total. The highest BCUT2D eigenvalue weighted by Crippen LogP contribution is 2.29. The predicted octanol–water partition coefficient (Wildman–Crippen LogP) is 2.96. The van der Waals surface area contributed by atoms with Gasteiger partial charge in [0.25, 0.3) is 0 Å². The van der Waals surface area contributed by atoms with Crippen LogP contribution >= 0.6 is 31.9 Å². The van der Waals surface area contributed by atoms with Crippen LogP contribution in [0.5, 0.6) is 0 Å². The van der Waals surface area contributed by atoms with Crippen LogP contribution in [0.1, 0.15) is 5.56 Å². The van der Waals surface area contributed by atoms with Crippen LogP contribution in [0, 0.1) is 11.3 Å². The maximum absolute atomic E-state index is 8.71. The Hall–Kier alpha value is -0.860. The number of halogens is 2. The molecule has 3 nitrogen and oxygen atoms in total. The number of nitrogens with one attached hydrogen (secondary N) is 1. The van der Waals surface area contributed by atoms with E-state index in [1.165, 1.54) is 0 Å². The van der Waals surface area contributed by atoms with Crippen molar-refractivity contribution in [3.8, 4) is 6.07 Å². The van der Waals surface area contributed by atoms with E-state index in [0.717, 1.165) is 20.0 Å². The lowest BCUT2D eigenvalue weighted by Gasteiger charge is -1.94. The van der Waals surface area contributed by atoms with Crippen LogP contribution in [0.4, 0.5) is 0 Å². The van der Waals surface area contributed by atoms with Gasteiger partial charge in [0, 0.05) is 9.86 Å². The molecule has 1 aromatic carbocycles. The van der Waals surface area contributed by atoms with Gasteiger partial charge in [-0.3, -0.25) is 5.10 Å². The summed E-state index contributed by atoms with van der Waals surface area (Å²) < 4.78 is 1.68. The van der Waals surface area contributed by atoms with Gasteiger partial charge in [0.05, 0.1) is 17.1 Å². The first-order chi connectivity index (χ1) is 6.22. The van der Waals surface area contributed by atoms with Crippen molar-refractivity contribution in [2.75, 3.05) is 0 Å². The molecule has 0 spiro atoms. The summed E-state index contributed by atoms with van der Waals surface area (Å²) in [5.41, 5.74) is 1.37. The molecule has 13 heavy (non-hydrogen) atoms. The smallest absolute Gasteiger partial charge is 0.109 e. The normalized spacial score (nSPS) is 10.2. The molecule has 0 unspecified atom stereocenters. The number of H-pyrrole nitrogens is 1. The van der Waals surface area contributed by atoms with Crippen LogP contribution < -0.4 is 0 Å². The Morgan fingerprint density at radius 2 is 2.15 bits per heavy atom. The van der Waals surface area contributed by atoms with E-state index >= 15 is 0 Å². The first kappa shape index (κ1) is 8.73. The van der Waals surface area contributed by atoms with Crippen LogP contribution in [0.25, 0.3) is 10.9 Å². The van der Waals surface area contributed by atoms with Crippen molar-refractivity contribution in [3.05, 3.63) is 26.8 Å². The zero-order valence-corrected chi connectivity index (χ0v) is 9.48. The van der Waals surface area contributed by atoms with Gasteiger partial charge in [0.15, 0.2) is 0 Å². The topological polar surface area (TPSA) is 52.5 Å². The largest absolute Gasteiger partial charge is 0.270 e. The Balaban J connectivity index is 2.89. The number of fused-ring (bicyclic) bond motifs is 1. The first-order valence-corrected chi connectivity index (χ1v) is 5.04. The molecule has 0 saturated carbocycles. The van der Waals surface area contributed by atoms with Gasteiger partial charge in [-0.2, -0.15) is 10.4 Å². The average molecular weight is 301 g/mol. The average Bonchev–Trinajstić information content (AvgIpc) is 2.48. The fraction of sp³-hybridized carbons (Fsp3) is 0. The monoisotopic (exact) mass is 299 g/mol. The Labute approximate surface area is 91.0 Å². The van der Waals surface area contributed by atoms with Crippen LogP contribution in [0.15, 0.2) is 21.2 Å². The highest BCUT2D eigenvalue weighted by Gasteiger charge is 2.07. The molecule has 0 bridgehead atoms. The number of hydrogen-bond donors (Lipinski definition) is 1. The maximum atomic E-state index is 8.71. The summed E-state index contributed by atoms with van der Waals surface area (Å²) >= 11 is 6.71. The zero-order chi connectivity index (χ0) is 9.42. The van der Waals surface area contributed by atoms with Crippen molar-refractivity contribution in [2.45, 2.75) is 0 Å². The van der Waals surface area contributed by atoms with Gasteiger partial charge in [0.2, 0.25) is 0 Å². The number of rotatable bonds is 0. The third-order valence-electron chi connectivity index (χ3n) is 1.69. The first-order valence-electron chi connectivity index (χ1n) is 3.45. The molecule has 0 aliphatic rings. The summed E-state index contributed by atoms with van der Waals surface area (Å²) in [4.78, 5) is 0. The van der Waals surface area contributed by atoms with Crippen LogP contribution in [-0.4, -0.2) is 10.2 Å². The van der Waals surface area contributed by atoms with Crippen molar-refractivity contribution < 1.29 is 0 Å². The molecule has 2 rings (SSSR count). The Bertz CT molecular complexity index is 510. The van der Waals surface area contributed by atoms with Crippen LogP contribution in [-0.2, 0) is 0 Å². The van der Waals surface area contributed by atoms with Gasteiger partial charge in [-0.15, -0.1) is 0 Å². The second-order valence-electron chi connectivity index (χ2n) is 2.50. The Morgan fingerprint density at radius 3 is 2.85 bits per heavy atom. The fourth-order valence-corrected chi connectivity index (χ4v) is 2.55. The van der Waals surface area contributed by atoms with Gasteiger partial charge in [-0.1, -0.05) is 0 Å². The quantitative estimate of drug-likeness (QED) is 0.813. The Kier molecular flexibility index (Phi) is 2.10. The molecule has 1 heterocycles. The van der Waals surface area contributed by atoms with E-state index < -0.39 is 0 Å². The fourth-order valence-electron chi connectivity index (χ4n) is 1.13. The summed E-state index contributed by atoms with van der Waals surface area (Å²) in [5.74, 6) is 0.